The summed E-state index contributed by atoms with van der Waals surface area (Å²) in [4.78, 5) is 11.4. The molecule has 0 saturated carbocycles. The third kappa shape index (κ3) is 3.36. The number of hydrogen-bond donors (Lipinski definition) is 1. The van der Waals surface area contributed by atoms with Gasteiger partial charge in [-0.25, -0.2) is 4.79 Å². The van der Waals surface area contributed by atoms with E-state index in [2.05, 4.69) is 18.0 Å². The number of nitrogens with one attached hydrogen (secondary N) is 1. The van der Waals surface area contributed by atoms with Gasteiger partial charge in [0.05, 0.1) is 17.9 Å². The zero-order chi connectivity index (χ0) is 13.5. The van der Waals surface area contributed by atoms with Gasteiger partial charge in [0.25, 0.3) is 0 Å². The fourth-order valence-electron chi connectivity index (χ4n) is 1.47. The Morgan fingerprint density at radius 2 is 2.28 bits per heavy atom. The lowest BCUT2D eigenvalue weighted by Gasteiger charge is -2.10. The maximum atomic E-state index is 11.4. The Labute approximate surface area is 107 Å². The van der Waals surface area contributed by atoms with Crippen LogP contribution in [0, 0.1) is 18.3 Å². The molecule has 0 atom stereocenters. The number of hydrogen-bond acceptors (Lipinski definition) is 4. The molecule has 0 bridgehead atoms. The Morgan fingerprint density at radius 3 is 2.89 bits per heavy atom. The number of carbonyl (C=O) groups is 1. The molecule has 18 heavy (non-hydrogen) atoms. The highest BCUT2D eigenvalue weighted by Gasteiger charge is 2.09. The van der Waals surface area contributed by atoms with Crippen molar-refractivity contribution in [1.82, 2.24) is 0 Å². The summed E-state index contributed by atoms with van der Waals surface area (Å²) < 4.78 is 4.83. The van der Waals surface area contributed by atoms with Gasteiger partial charge in [-0.2, -0.15) is 5.26 Å². The van der Waals surface area contributed by atoms with Gasteiger partial charge >= 0.3 is 5.97 Å². The van der Waals surface area contributed by atoms with Crippen LogP contribution in [0.4, 0.5) is 5.69 Å². The van der Waals surface area contributed by atoms with Gasteiger partial charge in [-0.3, -0.25) is 0 Å². The lowest BCUT2D eigenvalue weighted by Crippen LogP contribution is -2.15. The van der Waals surface area contributed by atoms with Crippen LogP contribution in [0.3, 0.4) is 0 Å². The SMILES string of the molecule is C=C(CNc1cccc(C)c1C#N)C(=O)OCC. The van der Waals surface area contributed by atoms with Crippen molar-refractivity contribution in [1.29, 1.82) is 5.26 Å². The van der Waals surface area contributed by atoms with Gasteiger partial charge in [0.1, 0.15) is 6.07 Å². The summed E-state index contributed by atoms with van der Waals surface area (Å²) in [5.74, 6) is -0.420. The fraction of sp³-hybridized carbons (Fsp3) is 0.286. The highest BCUT2D eigenvalue weighted by Crippen LogP contribution is 2.18. The van der Waals surface area contributed by atoms with Gasteiger partial charge in [0.2, 0.25) is 0 Å². The molecular formula is C14H16N2O2. The molecule has 1 rings (SSSR count). The van der Waals surface area contributed by atoms with Crippen molar-refractivity contribution in [3.8, 4) is 6.07 Å². The molecule has 0 amide bonds. The third-order valence-electron chi connectivity index (χ3n) is 2.44. The topological polar surface area (TPSA) is 62.1 Å². The molecule has 1 aromatic rings. The Hall–Kier alpha value is -2.28. The second kappa shape index (κ2) is 6.45. The van der Waals surface area contributed by atoms with E-state index in [0.717, 1.165) is 5.56 Å². The van der Waals surface area contributed by atoms with Gasteiger partial charge in [0.15, 0.2) is 0 Å². The monoisotopic (exact) mass is 244 g/mol. The van der Waals surface area contributed by atoms with Crippen LogP contribution in [0.1, 0.15) is 18.1 Å². The summed E-state index contributed by atoms with van der Waals surface area (Å²) in [5.41, 5.74) is 2.50. The molecule has 0 fully saturated rings. The average Bonchev–Trinajstić information content (AvgIpc) is 2.36. The third-order valence-corrected chi connectivity index (χ3v) is 2.44. The molecule has 1 aromatic carbocycles. The van der Waals surface area contributed by atoms with E-state index in [0.29, 0.717) is 23.4 Å². The molecule has 0 aliphatic carbocycles. The second-order valence-corrected chi connectivity index (χ2v) is 3.79. The molecule has 0 aliphatic rings. The largest absolute Gasteiger partial charge is 0.463 e. The Bertz CT molecular complexity index is 501. The molecule has 94 valence electrons. The van der Waals surface area contributed by atoms with E-state index in [4.69, 9.17) is 10.00 Å². The first kappa shape index (κ1) is 13.8. The van der Waals surface area contributed by atoms with Gasteiger partial charge < -0.3 is 10.1 Å². The number of benzene rings is 1. The van der Waals surface area contributed by atoms with Crippen molar-refractivity contribution in [2.24, 2.45) is 0 Å². The van der Waals surface area contributed by atoms with Gasteiger partial charge in [0, 0.05) is 12.1 Å². The molecule has 0 radical (unpaired) electrons. The zero-order valence-electron chi connectivity index (χ0n) is 10.6. The molecule has 4 nitrogen and oxygen atoms in total. The minimum absolute atomic E-state index is 0.261. The summed E-state index contributed by atoms with van der Waals surface area (Å²) in [7, 11) is 0. The predicted octanol–water partition coefficient (Wildman–Crippen LogP) is 2.40. The van der Waals surface area contributed by atoms with Crippen LogP contribution in [-0.2, 0) is 9.53 Å². The van der Waals surface area contributed by atoms with E-state index in [9.17, 15) is 4.79 Å². The second-order valence-electron chi connectivity index (χ2n) is 3.79. The van der Waals surface area contributed by atoms with Crippen molar-refractivity contribution in [3.05, 3.63) is 41.5 Å². The van der Waals surface area contributed by atoms with E-state index < -0.39 is 5.97 Å². The molecule has 0 heterocycles. The van der Waals surface area contributed by atoms with Crippen LogP contribution < -0.4 is 5.32 Å². The maximum absolute atomic E-state index is 11.4. The Balaban J connectivity index is 2.70. The molecule has 1 N–H and O–H groups in total. The van der Waals surface area contributed by atoms with Crippen LogP contribution in [0.5, 0.6) is 0 Å². The number of anilines is 1. The number of aryl methyl sites for hydroxylation is 1. The molecule has 0 saturated heterocycles. The van der Waals surface area contributed by atoms with Crippen molar-refractivity contribution in [2.45, 2.75) is 13.8 Å². The van der Waals surface area contributed by atoms with Crippen LogP contribution in [0.15, 0.2) is 30.4 Å². The van der Waals surface area contributed by atoms with Gasteiger partial charge in [-0.1, -0.05) is 18.7 Å². The lowest BCUT2D eigenvalue weighted by atomic mass is 10.1. The average molecular weight is 244 g/mol. The first-order valence-electron chi connectivity index (χ1n) is 5.68. The molecular weight excluding hydrogens is 228 g/mol. The molecule has 0 spiro atoms. The summed E-state index contributed by atoms with van der Waals surface area (Å²) >= 11 is 0. The van der Waals surface area contributed by atoms with Crippen molar-refractivity contribution >= 4 is 11.7 Å². The van der Waals surface area contributed by atoms with Crippen molar-refractivity contribution < 1.29 is 9.53 Å². The van der Waals surface area contributed by atoms with Crippen LogP contribution in [0.2, 0.25) is 0 Å². The summed E-state index contributed by atoms with van der Waals surface area (Å²) in [5, 5.41) is 12.1. The minimum atomic E-state index is -0.420. The number of nitriles is 1. The summed E-state index contributed by atoms with van der Waals surface area (Å²) in [6.07, 6.45) is 0. The highest BCUT2D eigenvalue weighted by molar-refractivity contribution is 5.88. The number of carbonyl (C=O) groups excluding carboxylic acids is 1. The van der Waals surface area contributed by atoms with Gasteiger partial charge in [-0.15, -0.1) is 0 Å². The van der Waals surface area contributed by atoms with E-state index in [1.165, 1.54) is 0 Å². The minimum Gasteiger partial charge on any atom is -0.463 e. The smallest absolute Gasteiger partial charge is 0.335 e. The predicted molar refractivity (Wildman–Crippen MR) is 70.2 cm³/mol. The summed E-state index contributed by atoms with van der Waals surface area (Å²) in [6, 6.07) is 7.65. The van der Waals surface area contributed by atoms with Crippen molar-refractivity contribution in [2.75, 3.05) is 18.5 Å². The normalized spacial score (nSPS) is 9.39. The molecule has 4 heteroatoms. The first-order chi connectivity index (χ1) is 8.60. The summed E-state index contributed by atoms with van der Waals surface area (Å²) in [6.45, 7) is 7.84. The molecule has 0 unspecified atom stereocenters. The zero-order valence-corrected chi connectivity index (χ0v) is 10.6. The number of ether oxygens (including phenoxy) is 1. The van der Waals surface area contributed by atoms with Crippen LogP contribution in [0.25, 0.3) is 0 Å². The number of nitrogens with zero attached hydrogens (tertiary/aromatic N) is 1. The van der Waals surface area contributed by atoms with E-state index in [-0.39, 0.29) is 6.54 Å². The Morgan fingerprint density at radius 1 is 1.56 bits per heavy atom. The van der Waals surface area contributed by atoms with Crippen LogP contribution in [-0.4, -0.2) is 19.1 Å². The maximum Gasteiger partial charge on any atom is 0.335 e. The van der Waals surface area contributed by atoms with Crippen molar-refractivity contribution in [3.63, 3.8) is 0 Å². The number of rotatable bonds is 5. The standard InChI is InChI=1S/C14H16N2O2/c1-4-18-14(17)11(3)9-16-13-7-5-6-10(2)12(13)8-15/h5-7,16H,3-4,9H2,1-2H3. The van der Waals surface area contributed by atoms with Gasteiger partial charge in [-0.05, 0) is 25.5 Å². The molecule has 0 aromatic heterocycles. The highest BCUT2D eigenvalue weighted by atomic mass is 16.5. The number of esters is 1. The van der Waals surface area contributed by atoms with E-state index >= 15 is 0 Å². The van der Waals surface area contributed by atoms with E-state index in [1.807, 2.05) is 19.1 Å². The quantitative estimate of drug-likeness (QED) is 0.638. The Kier molecular flexibility index (Phi) is 4.94. The fourth-order valence-corrected chi connectivity index (χ4v) is 1.47. The van der Waals surface area contributed by atoms with Crippen LogP contribution >= 0.6 is 0 Å². The molecule has 0 aliphatic heterocycles. The first-order valence-corrected chi connectivity index (χ1v) is 5.68. The van der Waals surface area contributed by atoms with E-state index in [1.54, 1.807) is 13.0 Å². The lowest BCUT2D eigenvalue weighted by molar-refractivity contribution is -0.138.